The first-order valence-corrected chi connectivity index (χ1v) is 8.38. The maximum absolute atomic E-state index is 12.4. The van der Waals surface area contributed by atoms with Crippen LogP contribution in [0.3, 0.4) is 0 Å². The van der Waals surface area contributed by atoms with E-state index in [0.717, 1.165) is 37.4 Å². The minimum atomic E-state index is 0.0987. The quantitative estimate of drug-likeness (QED) is 0.867. The number of amides is 1. The number of hydrogen-bond acceptors (Lipinski definition) is 3. The monoisotopic (exact) mass is 300 g/mol. The van der Waals surface area contributed by atoms with Crippen LogP contribution in [0, 0.1) is 5.92 Å². The Morgan fingerprint density at radius 1 is 1.33 bits per heavy atom. The number of likely N-dealkylation sites (tertiary alicyclic amines) is 1. The van der Waals surface area contributed by atoms with E-state index in [1.165, 1.54) is 5.56 Å². The molecule has 1 fully saturated rings. The number of rotatable bonds is 4. The van der Waals surface area contributed by atoms with Crippen molar-refractivity contribution in [2.24, 2.45) is 5.92 Å². The molecular weight excluding hydrogens is 280 g/mol. The van der Waals surface area contributed by atoms with Gasteiger partial charge in [-0.25, -0.2) is 4.98 Å². The molecule has 0 aliphatic carbocycles. The van der Waals surface area contributed by atoms with Crippen molar-refractivity contribution in [3.8, 4) is 0 Å². The predicted octanol–water partition coefficient (Wildman–Crippen LogP) is 3.41. The van der Waals surface area contributed by atoms with E-state index in [0.29, 0.717) is 11.6 Å². The summed E-state index contributed by atoms with van der Waals surface area (Å²) in [6.45, 7) is 3.94. The second-order valence-corrected chi connectivity index (χ2v) is 6.70. The van der Waals surface area contributed by atoms with Gasteiger partial charge in [0.2, 0.25) is 0 Å². The molecule has 1 aliphatic heterocycles. The zero-order valence-electron chi connectivity index (χ0n) is 12.3. The number of aromatic nitrogens is 1. The van der Waals surface area contributed by atoms with Gasteiger partial charge in [-0.15, -0.1) is 11.3 Å². The molecule has 1 atom stereocenters. The van der Waals surface area contributed by atoms with Gasteiger partial charge in [-0.2, -0.15) is 0 Å². The van der Waals surface area contributed by atoms with Crippen molar-refractivity contribution in [2.75, 3.05) is 13.1 Å². The topological polar surface area (TPSA) is 33.2 Å². The highest BCUT2D eigenvalue weighted by Crippen LogP contribution is 2.20. The van der Waals surface area contributed by atoms with Gasteiger partial charge in [0.25, 0.3) is 5.91 Å². The summed E-state index contributed by atoms with van der Waals surface area (Å²) in [6.07, 6.45) is 2.98. The van der Waals surface area contributed by atoms with Crippen molar-refractivity contribution in [1.82, 2.24) is 9.88 Å². The van der Waals surface area contributed by atoms with Crippen molar-refractivity contribution >= 4 is 17.2 Å². The van der Waals surface area contributed by atoms with Crippen molar-refractivity contribution in [1.29, 1.82) is 0 Å². The smallest absolute Gasteiger partial charge is 0.273 e. The van der Waals surface area contributed by atoms with Crippen LogP contribution < -0.4 is 0 Å². The molecule has 1 aromatic carbocycles. The Morgan fingerprint density at radius 3 is 2.86 bits per heavy atom. The fraction of sp³-hybridized carbons (Fsp3) is 0.412. The zero-order chi connectivity index (χ0) is 14.7. The van der Waals surface area contributed by atoms with E-state index in [1.54, 1.807) is 11.3 Å². The van der Waals surface area contributed by atoms with Crippen LogP contribution in [0.15, 0.2) is 35.7 Å². The summed E-state index contributed by atoms with van der Waals surface area (Å²) in [4.78, 5) is 18.8. The molecule has 0 saturated carbocycles. The fourth-order valence-corrected chi connectivity index (χ4v) is 3.47. The lowest BCUT2D eigenvalue weighted by Crippen LogP contribution is -2.28. The summed E-state index contributed by atoms with van der Waals surface area (Å²) in [5.74, 6) is 0.715. The van der Waals surface area contributed by atoms with Crippen molar-refractivity contribution < 1.29 is 4.79 Å². The summed E-state index contributed by atoms with van der Waals surface area (Å²) in [7, 11) is 0. The lowest BCUT2D eigenvalue weighted by atomic mass is 10.1. The first-order valence-electron chi connectivity index (χ1n) is 7.50. The molecular formula is C17H20N2OS. The summed E-state index contributed by atoms with van der Waals surface area (Å²) in [6, 6.07) is 10.4. The van der Waals surface area contributed by atoms with Gasteiger partial charge in [-0.3, -0.25) is 4.79 Å². The summed E-state index contributed by atoms with van der Waals surface area (Å²) >= 11 is 1.60. The summed E-state index contributed by atoms with van der Waals surface area (Å²) in [5, 5.41) is 2.96. The number of carbonyl (C=O) groups excluding carboxylic acids is 1. The lowest BCUT2D eigenvalue weighted by Gasteiger charge is -2.13. The third-order valence-corrected chi connectivity index (χ3v) is 4.86. The third kappa shape index (κ3) is 3.50. The van der Waals surface area contributed by atoms with Crippen LogP contribution in [0.25, 0.3) is 0 Å². The second-order valence-electron chi connectivity index (χ2n) is 5.76. The SMILES string of the molecule is CC1CCN(C(=O)c2csc(CCc3ccccc3)n2)C1. The Balaban J connectivity index is 1.60. The summed E-state index contributed by atoms with van der Waals surface area (Å²) in [5.41, 5.74) is 1.94. The van der Waals surface area contributed by atoms with E-state index in [-0.39, 0.29) is 5.91 Å². The molecule has 110 valence electrons. The summed E-state index contributed by atoms with van der Waals surface area (Å²) < 4.78 is 0. The van der Waals surface area contributed by atoms with Crippen LogP contribution in [0.2, 0.25) is 0 Å². The molecule has 1 aromatic heterocycles. The fourth-order valence-electron chi connectivity index (χ4n) is 2.70. The van der Waals surface area contributed by atoms with Gasteiger partial charge in [0.15, 0.2) is 0 Å². The first-order chi connectivity index (χ1) is 10.2. The lowest BCUT2D eigenvalue weighted by molar-refractivity contribution is 0.0783. The molecule has 3 rings (SSSR count). The second kappa shape index (κ2) is 6.39. The van der Waals surface area contributed by atoms with E-state index in [2.05, 4.69) is 36.2 Å². The van der Waals surface area contributed by atoms with Gasteiger partial charge >= 0.3 is 0 Å². The maximum Gasteiger partial charge on any atom is 0.273 e. The Kier molecular flexibility index (Phi) is 4.34. The standard InChI is InChI=1S/C17H20N2OS/c1-13-9-10-19(11-13)17(20)15-12-21-16(18-15)8-7-14-5-3-2-4-6-14/h2-6,12-13H,7-11H2,1H3. The van der Waals surface area contributed by atoms with Gasteiger partial charge in [0, 0.05) is 24.9 Å². The van der Waals surface area contributed by atoms with Gasteiger partial charge < -0.3 is 4.90 Å². The molecule has 0 radical (unpaired) electrons. The molecule has 21 heavy (non-hydrogen) atoms. The largest absolute Gasteiger partial charge is 0.337 e. The van der Waals surface area contributed by atoms with Crippen molar-refractivity contribution in [2.45, 2.75) is 26.2 Å². The van der Waals surface area contributed by atoms with Crippen LogP contribution >= 0.6 is 11.3 Å². The Bertz CT molecular complexity index is 608. The van der Waals surface area contributed by atoms with Crippen LogP contribution in [0.1, 0.15) is 34.4 Å². The number of carbonyl (C=O) groups is 1. The Labute approximate surface area is 129 Å². The van der Waals surface area contributed by atoms with Gasteiger partial charge in [-0.1, -0.05) is 37.3 Å². The Hall–Kier alpha value is -1.68. The molecule has 3 nitrogen and oxygen atoms in total. The molecule has 0 spiro atoms. The minimum Gasteiger partial charge on any atom is -0.337 e. The predicted molar refractivity (Wildman–Crippen MR) is 85.6 cm³/mol. The van der Waals surface area contributed by atoms with Crippen LogP contribution in [0.5, 0.6) is 0 Å². The average Bonchev–Trinajstić information content (AvgIpc) is 3.14. The van der Waals surface area contributed by atoms with Gasteiger partial charge in [0.05, 0.1) is 5.01 Å². The highest BCUT2D eigenvalue weighted by molar-refractivity contribution is 7.09. The van der Waals surface area contributed by atoms with Crippen LogP contribution in [-0.4, -0.2) is 28.9 Å². The Morgan fingerprint density at radius 2 is 2.14 bits per heavy atom. The van der Waals surface area contributed by atoms with Crippen LogP contribution in [0.4, 0.5) is 0 Å². The minimum absolute atomic E-state index is 0.0987. The highest BCUT2D eigenvalue weighted by atomic mass is 32.1. The van der Waals surface area contributed by atoms with E-state index in [9.17, 15) is 4.79 Å². The van der Waals surface area contributed by atoms with E-state index >= 15 is 0 Å². The normalized spacial score (nSPS) is 18.1. The molecule has 0 N–H and O–H groups in total. The number of nitrogens with zero attached hydrogens (tertiary/aromatic N) is 2. The number of thiazole rings is 1. The number of benzene rings is 1. The third-order valence-electron chi connectivity index (χ3n) is 3.95. The van der Waals surface area contributed by atoms with Crippen LogP contribution in [-0.2, 0) is 12.8 Å². The van der Waals surface area contributed by atoms with E-state index in [1.807, 2.05) is 16.3 Å². The molecule has 1 unspecified atom stereocenters. The number of hydrogen-bond donors (Lipinski definition) is 0. The molecule has 2 heterocycles. The molecule has 2 aromatic rings. The van der Waals surface area contributed by atoms with E-state index in [4.69, 9.17) is 0 Å². The van der Waals surface area contributed by atoms with Gasteiger partial charge in [0.1, 0.15) is 5.69 Å². The molecule has 4 heteroatoms. The molecule has 1 aliphatic rings. The van der Waals surface area contributed by atoms with Crippen molar-refractivity contribution in [3.05, 3.63) is 52.0 Å². The van der Waals surface area contributed by atoms with Gasteiger partial charge in [-0.05, 0) is 24.3 Å². The van der Waals surface area contributed by atoms with Crippen molar-refractivity contribution in [3.63, 3.8) is 0 Å². The first kappa shape index (κ1) is 14.3. The number of aryl methyl sites for hydroxylation is 2. The van der Waals surface area contributed by atoms with E-state index < -0.39 is 0 Å². The average molecular weight is 300 g/mol. The maximum atomic E-state index is 12.4. The molecule has 0 bridgehead atoms. The molecule has 1 amide bonds. The zero-order valence-corrected chi connectivity index (χ0v) is 13.1. The molecule has 1 saturated heterocycles. The highest BCUT2D eigenvalue weighted by Gasteiger charge is 2.25.